The number of esters is 1. The van der Waals surface area contributed by atoms with Crippen molar-refractivity contribution >= 4 is 5.97 Å². The molecule has 0 heterocycles. The van der Waals surface area contributed by atoms with Crippen LogP contribution >= 0.6 is 0 Å². The number of methoxy groups -OCH3 is 2. The van der Waals surface area contributed by atoms with Gasteiger partial charge in [-0.2, -0.15) is 0 Å². The molecule has 0 N–H and O–H groups in total. The van der Waals surface area contributed by atoms with Gasteiger partial charge in [0.25, 0.3) is 0 Å². The average molecular weight is 343 g/mol. The maximum absolute atomic E-state index is 11.4. The van der Waals surface area contributed by atoms with Crippen LogP contribution in [0, 0.1) is 0 Å². The summed E-state index contributed by atoms with van der Waals surface area (Å²) in [5, 5.41) is 0. The van der Waals surface area contributed by atoms with Crippen molar-refractivity contribution in [2.24, 2.45) is 0 Å². The molecule has 1 atom stereocenters. The van der Waals surface area contributed by atoms with E-state index in [0.29, 0.717) is 0 Å². The van der Waals surface area contributed by atoms with Crippen molar-refractivity contribution in [2.75, 3.05) is 14.2 Å². The third-order valence-corrected chi connectivity index (χ3v) is 4.82. The highest BCUT2D eigenvalue weighted by Gasteiger charge is 2.17. The highest BCUT2D eigenvalue weighted by molar-refractivity contribution is 5.74. The van der Waals surface area contributed by atoms with Crippen LogP contribution < -0.4 is 0 Å². The van der Waals surface area contributed by atoms with E-state index in [1.807, 2.05) is 0 Å². The van der Waals surface area contributed by atoms with Crippen molar-refractivity contribution < 1.29 is 14.3 Å². The Morgan fingerprint density at radius 2 is 1.04 bits per heavy atom. The maximum atomic E-state index is 11.4. The van der Waals surface area contributed by atoms with Crippen LogP contribution in [0.3, 0.4) is 0 Å². The predicted molar refractivity (Wildman–Crippen MR) is 102 cm³/mol. The summed E-state index contributed by atoms with van der Waals surface area (Å²) in [6.45, 7) is 2.28. The average Bonchev–Trinajstić information content (AvgIpc) is 2.61. The molecule has 0 rings (SSSR count). The first-order valence-electron chi connectivity index (χ1n) is 10.4. The molecule has 0 saturated carbocycles. The zero-order valence-corrected chi connectivity index (χ0v) is 16.6. The van der Waals surface area contributed by atoms with E-state index >= 15 is 0 Å². The van der Waals surface area contributed by atoms with Crippen molar-refractivity contribution in [1.82, 2.24) is 0 Å². The molecule has 0 spiro atoms. The zero-order valence-electron chi connectivity index (χ0n) is 16.6. The fourth-order valence-corrected chi connectivity index (χ4v) is 3.16. The summed E-state index contributed by atoms with van der Waals surface area (Å²) in [6, 6.07) is 0. The second kappa shape index (κ2) is 18.8. The van der Waals surface area contributed by atoms with E-state index in [0.717, 1.165) is 12.8 Å². The van der Waals surface area contributed by atoms with E-state index in [-0.39, 0.29) is 12.1 Å². The molecule has 3 heteroatoms. The van der Waals surface area contributed by atoms with Gasteiger partial charge in [-0.3, -0.25) is 0 Å². The van der Waals surface area contributed by atoms with Gasteiger partial charge < -0.3 is 9.47 Å². The van der Waals surface area contributed by atoms with Crippen LogP contribution in [-0.2, 0) is 14.3 Å². The summed E-state index contributed by atoms with van der Waals surface area (Å²) >= 11 is 0. The summed E-state index contributed by atoms with van der Waals surface area (Å²) in [7, 11) is 2.99. The van der Waals surface area contributed by atoms with Gasteiger partial charge in [0.15, 0.2) is 6.10 Å². The van der Waals surface area contributed by atoms with Gasteiger partial charge in [0.1, 0.15) is 0 Å². The fraction of sp³-hybridized carbons (Fsp3) is 0.952. The monoisotopic (exact) mass is 342 g/mol. The van der Waals surface area contributed by atoms with Crippen LogP contribution in [0.15, 0.2) is 0 Å². The van der Waals surface area contributed by atoms with Crippen molar-refractivity contribution in [2.45, 2.75) is 116 Å². The van der Waals surface area contributed by atoms with Gasteiger partial charge in [0.05, 0.1) is 7.11 Å². The normalized spacial score (nSPS) is 12.3. The molecule has 0 aromatic carbocycles. The van der Waals surface area contributed by atoms with Crippen LogP contribution in [0.25, 0.3) is 0 Å². The minimum Gasteiger partial charge on any atom is -0.467 e. The quantitative estimate of drug-likeness (QED) is 0.212. The molecule has 0 aliphatic carbocycles. The number of hydrogen-bond acceptors (Lipinski definition) is 3. The smallest absolute Gasteiger partial charge is 0.334 e. The Hall–Kier alpha value is -0.570. The van der Waals surface area contributed by atoms with Crippen LogP contribution in [0.4, 0.5) is 0 Å². The lowest BCUT2D eigenvalue weighted by atomic mass is 10.0. The van der Waals surface area contributed by atoms with Crippen molar-refractivity contribution in [1.29, 1.82) is 0 Å². The number of carbonyl (C=O) groups excluding carboxylic acids is 1. The Kier molecular flexibility index (Phi) is 18.3. The van der Waals surface area contributed by atoms with Gasteiger partial charge in [-0.05, 0) is 6.42 Å². The van der Waals surface area contributed by atoms with Crippen molar-refractivity contribution in [3.05, 3.63) is 0 Å². The standard InChI is InChI=1S/C21H42O3/c1-4-5-6-7-8-9-10-11-12-13-14-15-16-17-18-19-20(23-2)21(22)24-3/h20H,4-19H2,1-3H3. The summed E-state index contributed by atoms with van der Waals surface area (Å²) in [5.41, 5.74) is 0. The van der Waals surface area contributed by atoms with Gasteiger partial charge in [-0.1, -0.05) is 103 Å². The topological polar surface area (TPSA) is 35.5 Å². The van der Waals surface area contributed by atoms with E-state index in [9.17, 15) is 4.79 Å². The number of rotatable bonds is 18. The second-order valence-corrected chi connectivity index (χ2v) is 6.99. The number of ether oxygens (including phenoxy) is 2. The summed E-state index contributed by atoms with van der Waals surface area (Å²) < 4.78 is 9.86. The molecule has 0 saturated heterocycles. The Morgan fingerprint density at radius 1 is 0.667 bits per heavy atom. The third kappa shape index (κ3) is 15.0. The molecular weight excluding hydrogens is 300 g/mol. The highest BCUT2D eigenvalue weighted by atomic mass is 16.6. The van der Waals surface area contributed by atoms with E-state index in [1.54, 1.807) is 7.11 Å². The van der Waals surface area contributed by atoms with Gasteiger partial charge >= 0.3 is 5.97 Å². The van der Waals surface area contributed by atoms with Crippen molar-refractivity contribution in [3.63, 3.8) is 0 Å². The lowest BCUT2D eigenvalue weighted by Gasteiger charge is -2.12. The first kappa shape index (κ1) is 23.4. The van der Waals surface area contributed by atoms with E-state index in [4.69, 9.17) is 9.47 Å². The molecule has 0 amide bonds. The Morgan fingerprint density at radius 3 is 1.38 bits per heavy atom. The van der Waals surface area contributed by atoms with Crippen LogP contribution in [0.1, 0.15) is 110 Å². The van der Waals surface area contributed by atoms with Crippen LogP contribution in [-0.4, -0.2) is 26.3 Å². The first-order valence-corrected chi connectivity index (χ1v) is 10.4. The van der Waals surface area contributed by atoms with E-state index < -0.39 is 0 Å². The van der Waals surface area contributed by atoms with Gasteiger partial charge in [0.2, 0.25) is 0 Å². The third-order valence-electron chi connectivity index (χ3n) is 4.82. The summed E-state index contributed by atoms with van der Waals surface area (Å²) in [6.07, 6.45) is 20.7. The molecular formula is C21H42O3. The Balaban J connectivity index is 3.19. The minimum absolute atomic E-state index is 0.247. The van der Waals surface area contributed by atoms with Crippen LogP contribution in [0.2, 0.25) is 0 Å². The molecule has 3 nitrogen and oxygen atoms in total. The molecule has 144 valence electrons. The largest absolute Gasteiger partial charge is 0.467 e. The molecule has 24 heavy (non-hydrogen) atoms. The number of carbonyl (C=O) groups is 1. The summed E-state index contributed by atoms with van der Waals surface area (Å²) in [4.78, 5) is 11.4. The second-order valence-electron chi connectivity index (χ2n) is 6.99. The molecule has 0 radical (unpaired) electrons. The van der Waals surface area contributed by atoms with Gasteiger partial charge in [-0.15, -0.1) is 0 Å². The molecule has 0 bridgehead atoms. The maximum Gasteiger partial charge on any atom is 0.334 e. The van der Waals surface area contributed by atoms with Gasteiger partial charge in [-0.25, -0.2) is 4.79 Å². The molecule has 0 aliphatic rings. The first-order chi connectivity index (χ1) is 11.8. The van der Waals surface area contributed by atoms with E-state index in [1.165, 1.54) is 97.0 Å². The number of hydrogen-bond donors (Lipinski definition) is 0. The zero-order chi connectivity index (χ0) is 17.9. The van der Waals surface area contributed by atoms with Crippen molar-refractivity contribution in [3.8, 4) is 0 Å². The molecule has 0 aromatic heterocycles. The van der Waals surface area contributed by atoms with Gasteiger partial charge in [0, 0.05) is 7.11 Å². The Bertz CT molecular complexity index is 266. The Labute approximate surface area is 150 Å². The highest BCUT2D eigenvalue weighted by Crippen LogP contribution is 2.14. The molecule has 1 unspecified atom stereocenters. The SMILES string of the molecule is CCCCCCCCCCCCCCCCCC(OC)C(=O)OC. The molecule has 0 fully saturated rings. The minimum atomic E-state index is -0.378. The number of unbranched alkanes of at least 4 members (excludes halogenated alkanes) is 14. The predicted octanol–water partition coefficient (Wildman–Crippen LogP) is 6.44. The molecule has 0 aromatic rings. The molecule has 0 aliphatic heterocycles. The summed E-state index contributed by atoms with van der Waals surface area (Å²) in [5.74, 6) is -0.247. The lowest BCUT2D eigenvalue weighted by Crippen LogP contribution is -2.24. The fourth-order valence-electron chi connectivity index (χ4n) is 3.16. The van der Waals surface area contributed by atoms with E-state index in [2.05, 4.69) is 6.92 Å². The van der Waals surface area contributed by atoms with Crippen LogP contribution in [0.5, 0.6) is 0 Å². The lowest BCUT2D eigenvalue weighted by molar-refractivity contribution is -0.152.